The average molecular weight is 538 g/mol. The summed E-state index contributed by atoms with van der Waals surface area (Å²) >= 11 is 12.4. The molecule has 1 aromatic carbocycles. The third-order valence-corrected chi connectivity index (χ3v) is 7.10. The molecule has 0 amide bonds. The molecule has 0 unspecified atom stereocenters. The number of anilines is 1. The Hall–Kier alpha value is -4.09. The van der Waals surface area contributed by atoms with Gasteiger partial charge in [0.2, 0.25) is 0 Å². The highest BCUT2D eigenvalue weighted by Gasteiger charge is 2.33. The van der Waals surface area contributed by atoms with E-state index >= 15 is 4.39 Å². The second kappa shape index (κ2) is 8.79. The van der Waals surface area contributed by atoms with Crippen LogP contribution in [0, 0.1) is 5.82 Å². The number of H-pyrrole nitrogens is 1. The lowest BCUT2D eigenvalue weighted by molar-refractivity contribution is 0.557. The first-order valence-electron chi connectivity index (χ1n) is 11.3. The van der Waals surface area contributed by atoms with Crippen LogP contribution in [0.4, 0.5) is 10.2 Å². The maximum absolute atomic E-state index is 15.3. The van der Waals surface area contributed by atoms with Gasteiger partial charge in [0, 0.05) is 22.9 Å². The molecule has 10 nitrogen and oxygen atoms in total. The predicted molar refractivity (Wildman–Crippen MR) is 136 cm³/mol. The maximum atomic E-state index is 15.3. The highest BCUT2D eigenvalue weighted by atomic mass is 35.5. The number of aromatic amines is 1. The van der Waals surface area contributed by atoms with Crippen molar-refractivity contribution in [2.45, 2.75) is 25.3 Å². The largest absolute Gasteiger partial charge is 0.384 e. The van der Waals surface area contributed by atoms with Gasteiger partial charge in [-0.05, 0) is 58.7 Å². The summed E-state index contributed by atoms with van der Waals surface area (Å²) < 4.78 is 18.3. The van der Waals surface area contributed by atoms with Crippen molar-refractivity contribution >= 4 is 29.0 Å². The second-order valence-electron chi connectivity index (χ2n) is 8.80. The van der Waals surface area contributed by atoms with Crippen molar-refractivity contribution < 1.29 is 4.39 Å². The van der Waals surface area contributed by atoms with E-state index in [2.05, 4.69) is 30.5 Å². The third kappa shape index (κ3) is 3.87. The van der Waals surface area contributed by atoms with Gasteiger partial charge in [0.15, 0.2) is 5.82 Å². The topological polar surface area (TPSA) is 133 Å². The Morgan fingerprint density at radius 3 is 2.78 bits per heavy atom. The van der Waals surface area contributed by atoms with Crippen LogP contribution < -0.4 is 11.3 Å². The Balaban J connectivity index is 1.44. The Labute approximate surface area is 218 Å². The lowest BCUT2D eigenvalue weighted by Crippen LogP contribution is -2.24. The first kappa shape index (κ1) is 23.3. The first-order valence-corrected chi connectivity index (χ1v) is 12.0. The van der Waals surface area contributed by atoms with Crippen molar-refractivity contribution in [2.24, 2.45) is 0 Å². The van der Waals surface area contributed by atoms with Crippen LogP contribution in [0.25, 0.3) is 28.1 Å². The second-order valence-corrected chi connectivity index (χ2v) is 9.56. The van der Waals surface area contributed by atoms with E-state index in [9.17, 15) is 4.79 Å². The minimum absolute atomic E-state index is 0.00768. The summed E-state index contributed by atoms with van der Waals surface area (Å²) in [6, 6.07) is 9.29. The SMILES string of the molecule is C[C@H]1C[C@@H](c2ncc(-c3ccc(N)nc3Cl)[nH]2)n2c1cc(-c1c(-n3cnnn3)ccc(Cl)c1F)cc2=O. The molecule has 5 aromatic rings. The summed E-state index contributed by atoms with van der Waals surface area (Å²) in [5.41, 5.74) is 8.35. The molecule has 13 heteroatoms. The molecule has 6 rings (SSSR count). The molecule has 4 aromatic heterocycles. The van der Waals surface area contributed by atoms with Crippen LogP contribution in [0.15, 0.2) is 53.7 Å². The average Bonchev–Trinajstić information content (AvgIpc) is 3.62. The number of pyridine rings is 2. The van der Waals surface area contributed by atoms with Crippen molar-refractivity contribution in [3.05, 3.63) is 86.8 Å². The van der Waals surface area contributed by atoms with Gasteiger partial charge in [-0.15, -0.1) is 5.10 Å². The Morgan fingerprint density at radius 2 is 2.03 bits per heavy atom. The maximum Gasteiger partial charge on any atom is 0.252 e. The summed E-state index contributed by atoms with van der Waals surface area (Å²) in [6.07, 6.45) is 3.62. The van der Waals surface area contributed by atoms with E-state index in [4.69, 9.17) is 28.9 Å². The smallest absolute Gasteiger partial charge is 0.252 e. The van der Waals surface area contributed by atoms with Crippen LogP contribution in [0.5, 0.6) is 0 Å². The van der Waals surface area contributed by atoms with Gasteiger partial charge in [-0.2, -0.15) is 4.68 Å². The number of tetrazole rings is 1. The molecule has 1 aliphatic rings. The fourth-order valence-corrected chi connectivity index (χ4v) is 5.24. The molecule has 0 spiro atoms. The van der Waals surface area contributed by atoms with Crippen molar-refractivity contribution in [3.8, 4) is 28.1 Å². The number of halogens is 3. The highest BCUT2D eigenvalue weighted by molar-refractivity contribution is 6.32. The van der Waals surface area contributed by atoms with Crippen LogP contribution >= 0.6 is 23.2 Å². The van der Waals surface area contributed by atoms with Crippen molar-refractivity contribution in [1.82, 2.24) is 39.7 Å². The summed E-state index contributed by atoms with van der Waals surface area (Å²) in [5.74, 6) is 0.248. The number of imidazole rings is 1. The fraction of sp³-hybridized carbons (Fsp3) is 0.167. The number of hydrogen-bond acceptors (Lipinski definition) is 7. The normalized spacial score (nSPS) is 16.8. The van der Waals surface area contributed by atoms with E-state index in [0.717, 1.165) is 5.69 Å². The Kier molecular flexibility index (Phi) is 5.54. The summed E-state index contributed by atoms with van der Waals surface area (Å²) in [7, 11) is 0. The van der Waals surface area contributed by atoms with Gasteiger partial charge < -0.3 is 15.3 Å². The molecule has 0 aliphatic carbocycles. The zero-order valence-electron chi connectivity index (χ0n) is 19.2. The van der Waals surface area contributed by atoms with Crippen LogP contribution in [0.3, 0.4) is 0 Å². The molecule has 5 heterocycles. The predicted octanol–water partition coefficient (Wildman–Crippen LogP) is 4.40. The summed E-state index contributed by atoms with van der Waals surface area (Å²) in [5, 5.41) is 11.3. The molecule has 3 N–H and O–H groups in total. The Morgan fingerprint density at radius 1 is 1.19 bits per heavy atom. The number of benzene rings is 1. The van der Waals surface area contributed by atoms with Crippen LogP contribution in [0.1, 0.15) is 36.8 Å². The molecule has 37 heavy (non-hydrogen) atoms. The number of hydrogen-bond donors (Lipinski definition) is 2. The van der Waals surface area contributed by atoms with Crippen molar-refractivity contribution in [3.63, 3.8) is 0 Å². The highest BCUT2D eigenvalue weighted by Crippen LogP contribution is 2.41. The van der Waals surface area contributed by atoms with Crippen LogP contribution in [0.2, 0.25) is 10.2 Å². The number of rotatable bonds is 4. The zero-order valence-corrected chi connectivity index (χ0v) is 20.7. The number of nitrogens with zero attached hydrogens (tertiary/aromatic N) is 7. The molecule has 2 atom stereocenters. The molecule has 0 fully saturated rings. The molecule has 0 saturated carbocycles. The molecule has 0 saturated heterocycles. The van der Waals surface area contributed by atoms with Crippen LogP contribution in [-0.2, 0) is 0 Å². The third-order valence-electron chi connectivity index (χ3n) is 6.52. The van der Waals surface area contributed by atoms with E-state index < -0.39 is 5.82 Å². The van der Waals surface area contributed by atoms with Gasteiger partial charge in [0.05, 0.1) is 28.6 Å². The van der Waals surface area contributed by atoms with Gasteiger partial charge >= 0.3 is 0 Å². The lowest BCUT2D eigenvalue weighted by atomic mass is 9.99. The molecule has 1 aliphatic heterocycles. The molecule has 0 bridgehead atoms. The monoisotopic (exact) mass is 537 g/mol. The van der Waals surface area contributed by atoms with E-state index in [0.29, 0.717) is 40.6 Å². The Bertz CT molecular complexity index is 1710. The quantitative estimate of drug-likeness (QED) is 0.324. The molecule has 0 radical (unpaired) electrons. The van der Waals surface area contributed by atoms with E-state index in [1.54, 1.807) is 35.0 Å². The minimum Gasteiger partial charge on any atom is -0.384 e. The van der Waals surface area contributed by atoms with E-state index in [1.165, 1.54) is 23.1 Å². The van der Waals surface area contributed by atoms with Gasteiger partial charge in [-0.1, -0.05) is 30.1 Å². The van der Waals surface area contributed by atoms with Crippen molar-refractivity contribution in [1.29, 1.82) is 0 Å². The van der Waals surface area contributed by atoms with Gasteiger partial charge in [-0.25, -0.2) is 14.4 Å². The number of nitrogens with one attached hydrogen (secondary N) is 1. The molecular formula is C24H18Cl2FN9O. The zero-order chi connectivity index (χ0) is 25.8. The number of nitrogen functional groups attached to an aromatic ring is 1. The number of aromatic nitrogens is 8. The summed E-state index contributed by atoms with van der Waals surface area (Å²) in [4.78, 5) is 25.4. The summed E-state index contributed by atoms with van der Waals surface area (Å²) in [6.45, 7) is 2.01. The fourth-order valence-electron chi connectivity index (χ4n) is 4.82. The lowest BCUT2D eigenvalue weighted by Gasteiger charge is -2.16. The van der Waals surface area contributed by atoms with E-state index in [1.807, 2.05) is 6.92 Å². The van der Waals surface area contributed by atoms with E-state index in [-0.39, 0.29) is 33.3 Å². The van der Waals surface area contributed by atoms with Gasteiger partial charge in [-0.3, -0.25) is 4.79 Å². The van der Waals surface area contributed by atoms with Gasteiger partial charge in [0.1, 0.15) is 23.1 Å². The first-order chi connectivity index (χ1) is 17.8. The minimum atomic E-state index is -0.661. The van der Waals surface area contributed by atoms with Crippen molar-refractivity contribution in [2.75, 3.05) is 5.73 Å². The number of nitrogens with two attached hydrogens (primary N) is 1. The number of fused-ring (bicyclic) bond motifs is 1. The molecular weight excluding hydrogens is 520 g/mol. The van der Waals surface area contributed by atoms with Gasteiger partial charge in [0.25, 0.3) is 5.56 Å². The standard InChI is InChI=1S/C24H18Cl2FN9O/c1-11-6-18(24-29-9-15(31-24)13-2-5-19(28)32-23(13)26)36-17(11)7-12(8-20(36)37)21-16(35-10-30-33-34-35)4-3-14(25)22(21)27/h2-5,7-11,18H,6H2,1H3,(H2,28,32)(H,29,31)/t11-,18-/m0/s1. The molecule has 186 valence electrons. The van der Waals surface area contributed by atoms with Crippen LogP contribution in [-0.4, -0.2) is 39.7 Å².